The van der Waals surface area contributed by atoms with Gasteiger partial charge in [-0.3, -0.25) is 9.88 Å². The Morgan fingerprint density at radius 1 is 1.56 bits per heavy atom. The fraction of sp³-hybridized carbons (Fsp3) is 0.583. The zero-order valence-corrected chi connectivity index (χ0v) is 9.47. The highest BCUT2D eigenvalue weighted by atomic mass is 16.3. The highest BCUT2D eigenvalue weighted by Gasteiger charge is 2.21. The largest absolute Gasteiger partial charge is 0.396 e. The molecule has 0 amide bonds. The van der Waals surface area contributed by atoms with Crippen molar-refractivity contribution in [2.24, 2.45) is 0 Å². The summed E-state index contributed by atoms with van der Waals surface area (Å²) in [5, 5.41) is 12.4. The van der Waals surface area contributed by atoms with Crippen LogP contribution in [0.2, 0.25) is 0 Å². The number of hydrogen-bond acceptors (Lipinski definition) is 4. The van der Waals surface area contributed by atoms with Crippen LogP contribution in [0.5, 0.6) is 0 Å². The normalized spacial score (nSPS) is 22.2. The minimum Gasteiger partial charge on any atom is -0.396 e. The lowest BCUT2D eigenvalue weighted by Crippen LogP contribution is -2.51. The Labute approximate surface area is 96.3 Å². The lowest BCUT2D eigenvalue weighted by atomic mass is 10.1. The molecule has 1 atom stereocenters. The van der Waals surface area contributed by atoms with Gasteiger partial charge in [-0.05, 0) is 18.1 Å². The van der Waals surface area contributed by atoms with Crippen LogP contribution < -0.4 is 5.32 Å². The Morgan fingerprint density at radius 2 is 2.50 bits per heavy atom. The number of aliphatic hydroxyl groups is 1. The van der Waals surface area contributed by atoms with Crippen LogP contribution >= 0.6 is 0 Å². The fourth-order valence-electron chi connectivity index (χ4n) is 2.17. The summed E-state index contributed by atoms with van der Waals surface area (Å²) in [4.78, 5) is 6.55. The van der Waals surface area contributed by atoms with E-state index in [2.05, 4.69) is 21.3 Å². The van der Waals surface area contributed by atoms with Crippen LogP contribution in [-0.4, -0.2) is 47.3 Å². The molecule has 2 rings (SSSR count). The van der Waals surface area contributed by atoms with Crippen LogP contribution in [0.4, 0.5) is 0 Å². The fourth-order valence-corrected chi connectivity index (χ4v) is 2.17. The minimum absolute atomic E-state index is 0.260. The molecule has 2 heterocycles. The SMILES string of the molecule is OCCC1CNCCN1Cc1cccnc1. The summed E-state index contributed by atoms with van der Waals surface area (Å²) in [6.07, 6.45) is 4.55. The monoisotopic (exact) mass is 221 g/mol. The van der Waals surface area contributed by atoms with Gasteiger partial charge in [0.25, 0.3) is 0 Å². The van der Waals surface area contributed by atoms with Gasteiger partial charge in [0.15, 0.2) is 0 Å². The number of aliphatic hydroxyl groups excluding tert-OH is 1. The molecule has 16 heavy (non-hydrogen) atoms. The molecule has 0 spiro atoms. The number of rotatable bonds is 4. The molecule has 0 aliphatic carbocycles. The molecule has 2 N–H and O–H groups in total. The Balaban J connectivity index is 1.96. The molecule has 1 saturated heterocycles. The summed E-state index contributed by atoms with van der Waals surface area (Å²) < 4.78 is 0. The van der Waals surface area contributed by atoms with Gasteiger partial charge >= 0.3 is 0 Å². The van der Waals surface area contributed by atoms with Crippen molar-refractivity contribution in [3.63, 3.8) is 0 Å². The first-order chi connectivity index (χ1) is 7.90. The molecule has 1 aromatic rings. The minimum atomic E-state index is 0.260. The first-order valence-corrected chi connectivity index (χ1v) is 5.84. The molecule has 0 bridgehead atoms. The maximum Gasteiger partial charge on any atom is 0.0446 e. The number of piperazine rings is 1. The van der Waals surface area contributed by atoms with Crippen molar-refractivity contribution in [1.82, 2.24) is 15.2 Å². The predicted octanol–water partition coefficient (Wildman–Crippen LogP) is 0.238. The van der Waals surface area contributed by atoms with E-state index in [9.17, 15) is 0 Å². The summed E-state index contributed by atoms with van der Waals surface area (Å²) in [6.45, 7) is 4.23. The van der Waals surface area contributed by atoms with E-state index < -0.39 is 0 Å². The van der Waals surface area contributed by atoms with E-state index in [4.69, 9.17) is 5.11 Å². The quantitative estimate of drug-likeness (QED) is 0.764. The molecule has 0 aromatic carbocycles. The second kappa shape index (κ2) is 5.94. The van der Waals surface area contributed by atoms with Crippen molar-refractivity contribution in [2.75, 3.05) is 26.2 Å². The average Bonchev–Trinajstić information content (AvgIpc) is 2.33. The summed E-state index contributed by atoms with van der Waals surface area (Å²) in [7, 11) is 0. The van der Waals surface area contributed by atoms with Crippen molar-refractivity contribution >= 4 is 0 Å². The van der Waals surface area contributed by atoms with Gasteiger partial charge in [-0.15, -0.1) is 0 Å². The molecule has 88 valence electrons. The third kappa shape index (κ3) is 3.01. The van der Waals surface area contributed by atoms with Gasteiger partial charge in [0.2, 0.25) is 0 Å². The number of hydrogen-bond donors (Lipinski definition) is 2. The van der Waals surface area contributed by atoms with Crippen LogP contribution in [-0.2, 0) is 6.54 Å². The molecule has 0 radical (unpaired) electrons. The third-order valence-electron chi connectivity index (χ3n) is 3.04. The Morgan fingerprint density at radius 3 is 3.25 bits per heavy atom. The molecule has 1 aromatic heterocycles. The predicted molar refractivity (Wildman–Crippen MR) is 63.0 cm³/mol. The van der Waals surface area contributed by atoms with Crippen molar-refractivity contribution in [3.05, 3.63) is 30.1 Å². The van der Waals surface area contributed by atoms with Crippen molar-refractivity contribution in [2.45, 2.75) is 19.0 Å². The van der Waals surface area contributed by atoms with E-state index in [0.717, 1.165) is 32.6 Å². The van der Waals surface area contributed by atoms with Gasteiger partial charge in [-0.25, -0.2) is 0 Å². The van der Waals surface area contributed by atoms with Gasteiger partial charge < -0.3 is 10.4 Å². The van der Waals surface area contributed by atoms with Crippen LogP contribution in [0.3, 0.4) is 0 Å². The van der Waals surface area contributed by atoms with Gasteiger partial charge in [0.05, 0.1) is 0 Å². The summed E-state index contributed by atoms with van der Waals surface area (Å²) in [6, 6.07) is 4.52. The number of nitrogens with one attached hydrogen (secondary N) is 1. The number of aromatic nitrogens is 1. The Hall–Kier alpha value is -0.970. The van der Waals surface area contributed by atoms with E-state index in [-0.39, 0.29) is 6.61 Å². The molecular formula is C12H19N3O. The number of pyridine rings is 1. The molecule has 1 aliphatic rings. The van der Waals surface area contributed by atoms with E-state index in [1.807, 2.05) is 12.3 Å². The highest BCUT2D eigenvalue weighted by Crippen LogP contribution is 2.11. The zero-order chi connectivity index (χ0) is 11.2. The molecule has 4 heteroatoms. The van der Waals surface area contributed by atoms with Crippen LogP contribution in [0, 0.1) is 0 Å². The lowest BCUT2D eigenvalue weighted by Gasteiger charge is -2.35. The highest BCUT2D eigenvalue weighted by molar-refractivity contribution is 5.08. The van der Waals surface area contributed by atoms with E-state index in [1.54, 1.807) is 6.20 Å². The van der Waals surface area contributed by atoms with E-state index in [1.165, 1.54) is 5.56 Å². The molecule has 1 aliphatic heterocycles. The first-order valence-electron chi connectivity index (χ1n) is 5.84. The summed E-state index contributed by atoms with van der Waals surface area (Å²) >= 11 is 0. The topological polar surface area (TPSA) is 48.4 Å². The molecule has 0 saturated carbocycles. The van der Waals surface area contributed by atoms with Gasteiger partial charge in [0, 0.05) is 51.2 Å². The van der Waals surface area contributed by atoms with E-state index >= 15 is 0 Å². The van der Waals surface area contributed by atoms with Crippen molar-refractivity contribution in [1.29, 1.82) is 0 Å². The summed E-state index contributed by atoms with van der Waals surface area (Å²) in [5.41, 5.74) is 1.24. The first kappa shape index (κ1) is 11.5. The maximum atomic E-state index is 9.04. The van der Waals surface area contributed by atoms with Crippen molar-refractivity contribution in [3.8, 4) is 0 Å². The van der Waals surface area contributed by atoms with Crippen LogP contribution in [0.1, 0.15) is 12.0 Å². The van der Waals surface area contributed by atoms with Gasteiger partial charge in [-0.2, -0.15) is 0 Å². The standard InChI is InChI=1S/C12H19N3O/c16-7-3-12-9-14-5-6-15(12)10-11-2-1-4-13-8-11/h1-2,4,8,12,14,16H,3,5-7,9-10H2. The summed E-state index contributed by atoms with van der Waals surface area (Å²) in [5.74, 6) is 0. The molecular weight excluding hydrogens is 202 g/mol. The van der Waals surface area contributed by atoms with Crippen LogP contribution in [0.15, 0.2) is 24.5 Å². The van der Waals surface area contributed by atoms with Gasteiger partial charge in [0.1, 0.15) is 0 Å². The second-order valence-corrected chi connectivity index (χ2v) is 4.20. The van der Waals surface area contributed by atoms with Crippen molar-refractivity contribution < 1.29 is 5.11 Å². The van der Waals surface area contributed by atoms with Gasteiger partial charge in [-0.1, -0.05) is 6.07 Å². The third-order valence-corrected chi connectivity index (χ3v) is 3.04. The number of nitrogens with zero attached hydrogens (tertiary/aromatic N) is 2. The smallest absolute Gasteiger partial charge is 0.0446 e. The average molecular weight is 221 g/mol. The maximum absolute atomic E-state index is 9.04. The Kier molecular flexibility index (Phi) is 4.27. The zero-order valence-electron chi connectivity index (χ0n) is 9.47. The Bertz CT molecular complexity index is 302. The second-order valence-electron chi connectivity index (χ2n) is 4.20. The molecule has 4 nitrogen and oxygen atoms in total. The lowest BCUT2D eigenvalue weighted by molar-refractivity contribution is 0.123. The molecule has 1 unspecified atom stereocenters. The molecule has 1 fully saturated rings. The van der Waals surface area contributed by atoms with Crippen LogP contribution in [0.25, 0.3) is 0 Å². The van der Waals surface area contributed by atoms with E-state index in [0.29, 0.717) is 6.04 Å².